The maximum Gasteiger partial charge on any atom is 0.231 e. The molecule has 0 spiro atoms. The topological polar surface area (TPSA) is 117 Å². The quantitative estimate of drug-likeness (QED) is 0.271. The van der Waals surface area contributed by atoms with Crippen molar-refractivity contribution in [3.05, 3.63) is 59.8 Å². The van der Waals surface area contributed by atoms with E-state index in [0.29, 0.717) is 24.5 Å². The lowest BCUT2D eigenvalue weighted by atomic mass is 10.0. The molecule has 0 aliphatic carbocycles. The van der Waals surface area contributed by atoms with Crippen molar-refractivity contribution in [3.63, 3.8) is 0 Å². The SMILES string of the molecule is CCCCn1nc(C(CCCC)(OC)OC)nc1Cc1ccc(-c2ncccc2-c2nn[nH]n2)cc1. The van der Waals surface area contributed by atoms with Crippen LogP contribution in [-0.2, 0) is 28.2 Å². The van der Waals surface area contributed by atoms with E-state index >= 15 is 0 Å². The van der Waals surface area contributed by atoms with Gasteiger partial charge in [-0.2, -0.15) is 10.3 Å². The Kier molecular flexibility index (Phi) is 8.50. The van der Waals surface area contributed by atoms with Crippen LogP contribution >= 0.6 is 0 Å². The van der Waals surface area contributed by atoms with Crippen molar-refractivity contribution in [2.75, 3.05) is 14.2 Å². The lowest BCUT2D eigenvalue weighted by Gasteiger charge is -2.27. The zero-order chi connectivity index (χ0) is 25.4. The molecular weight excluding hydrogens is 456 g/mol. The molecule has 0 unspecified atom stereocenters. The van der Waals surface area contributed by atoms with Crippen LogP contribution in [0, 0.1) is 0 Å². The summed E-state index contributed by atoms with van der Waals surface area (Å²) in [6, 6.07) is 12.1. The summed E-state index contributed by atoms with van der Waals surface area (Å²) in [5, 5.41) is 19.2. The Morgan fingerprint density at radius 3 is 2.44 bits per heavy atom. The minimum Gasteiger partial charge on any atom is -0.347 e. The molecule has 190 valence electrons. The molecule has 0 amide bonds. The number of methoxy groups -OCH3 is 2. The first-order chi connectivity index (χ1) is 17.6. The summed E-state index contributed by atoms with van der Waals surface area (Å²) in [4.78, 5) is 9.48. The van der Waals surface area contributed by atoms with Gasteiger partial charge in [-0.15, -0.1) is 10.2 Å². The number of aryl methyl sites for hydroxylation is 1. The Bertz CT molecular complexity index is 1220. The van der Waals surface area contributed by atoms with Gasteiger partial charge in [-0.3, -0.25) is 4.98 Å². The monoisotopic (exact) mass is 490 g/mol. The van der Waals surface area contributed by atoms with Crippen molar-refractivity contribution >= 4 is 0 Å². The van der Waals surface area contributed by atoms with E-state index in [1.165, 1.54) is 0 Å². The third-order valence-corrected chi connectivity index (χ3v) is 6.31. The standard InChI is InChI=1S/C26H34N8O2/c1-5-7-15-26(35-3,36-4)25-28-22(34(31-25)17-8-6-2)18-19-11-13-20(14-12-19)23-21(10-9-16-27-23)24-29-32-33-30-24/h9-14,16H,5-8,15,17-18H2,1-4H3,(H,29,30,32,33). The Hall–Kier alpha value is -3.50. The number of aromatic amines is 1. The number of pyridine rings is 1. The van der Waals surface area contributed by atoms with E-state index in [1.54, 1.807) is 20.4 Å². The summed E-state index contributed by atoms with van der Waals surface area (Å²) in [6.07, 6.45) is 7.21. The minimum absolute atomic E-state index is 0.515. The number of unbranched alkanes of at least 4 members (excludes halogenated alkanes) is 2. The molecule has 36 heavy (non-hydrogen) atoms. The Labute approximate surface area is 211 Å². The molecule has 0 saturated heterocycles. The van der Waals surface area contributed by atoms with E-state index in [0.717, 1.165) is 60.4 Å². The summed E-state index contributed by atoms with van der Waals surface area (Å²) in [7, 11) is 3.31. The van der Waals surface area contributed by atoms with Crippen molar-refractivity contribution in [3.8, 4) is 22.6 Å². The molecule has 0 aliphatic rings. The van der Waals surface area contributed by atoms with Crippen molar-refractivity contribution < 1.29 is 9.47 Å². The average Bonchev–Trinajstić information content (AvgIpc) is 3.60. The molecule has 0 aliphatic heterocycles. The van der Waals surface area contributed by atoms with E-state index < -0.39 is 5.79 Å². The number of hydrogen-bond donors (Lipinski definition) is 1. The van der Waals surface area contributed by atoms with Crippen molar-refractivity contribution in [2.45, 2.75) is 64.7 Å². The lowest BCUT2D eigenvalue weighted by molar-refractivity contribution is -0.226. The van der Waals surface area contributed by atoms with Gasteiger partial charge in [0.25, 0.3) is 0 Å². The highest BCUT2D eigenvalue weighted by molar-refractivity contribution is 5.76. The molecule has 0 fully saturated rings. The fourth-order valence-corrected chi connectivity index (χ4v) is 4.20. The van der Waals surface area contributed by atoms with Gasteiger partial charge in [-0.1, -0.05) is 51.0 Å². The number of ether oxygens (including phenoxy) is 2. The summed E-state index contributed by atoms with van der Waals surface area (Å²) < 4.78 is 13.6. The first kappa shape index (κ1) is 25.6. The number of rotatable bonds is 13. The number of nitrogens with zero attached hydrogens (tertiary/aromatic N) is 7. The Balaban J connectivity index is 1.61. The van der Waals surface area contributed by atoms with Gasteiger partial charge >= 0.3 is 0 Å². The van der Waals surface area contributed by atoms with E-state index in [2.05, 4.69) is 63.7 Å². The van der Waals surface area contributed by atoms with Crippen LogP contribution in [0.5, 0.6) is 0 Å². The van der Waals surface area contributed by atoms with Crippen LogP contribution in [0.4, 0.5) is 0 Å². The number of hydrogen-bond acceptors (Lipinski definition) is 8. The summed E-state index contributed by atoms with van der Waals surface area (Å²) in [5.74, 6) is 1.06. The second kappa shape index (κ2) is 12.0. The highest BCUT2D eigenvalue weighted by Gasteiger charge is 2.37. The maximum absolute atomic E-state index is 5.82. The number of aromatic nitrogens is 8. The van der Waals surface area contributed by atoms with Gasteiger partial charge in [0.2, 0.25) is 17.4 Å². The molecule has 0 bridgehead atoms. The van der Waals surface area contributed by atoms with Gasteiger partial charge in [0, 0.05) is 50.9 Å². The summed E-state index contributed by atoms with van der Waals surface area (Å²) >= 11 is 0. The van der Waals surface area contributed by atoms with Crippen LogP contribution in [0.2, 0.25) is 0 Å². The third kappa shape index (κ3) is 5.50. The summed E-state index contributed by atoms with van der Waals surface area (Å²) in [6.45, 7) is 5.12. The predicted molar refractivity (Wildman–Crippen MR) is 136 cm³/mol. The minimum atomic E-state index is -0.934. The normalized spacial score (nSPS) is 11.8. The second-order valence-electron chi connectivity index (χ2n) is 8.70. The Morgan fingerprint density at radius 2 is 1.78 bits per heavy atom. The average molecular weight is 491 g/mol. The van der Waals surface area contributed by atoms with E-state index in [9.17, 15) is 0 Å². The van der Waals surface area contributed by atoms with E-state index in [1.807, 2.05) is 16.8 Å². The largest absolute Gasteiger partial charge is 0.347 e. The molecule has 4 aromatic rings. The smallest absolute Gasteiger partial charge is 0.231 e. The van der Waals surface area contributed by atoms with Crippen molar-refractivity contribution in [2.24, 2.45) is 0 Å². The zero-order valence-corrected chi connectivity index (χ0v) is 21.4. The molecule has 10 nitrogen and oxygen atoms in total. The van der Waals surface area contributed by atoms with Crippen LogP contribution in [0.3, 0.4) is 0 Å². The van der Waals surface area contributed by atoms with Gasteiger partial charge in [-0.25, -0.2) is 9.67 Å². The molecule has 3 heterocycles. The van der Waals surface area contributed by atoms with Crippen molar-refractivity contribution in [1.82, 2.24) is 40.4 Å². The first-order valence-electron chi connectivity index (χ1n) is 12.5. The highest BCUT2D eigenvalue weighted by atomic mass is 16.7. The Morgan fingerprint density at radius 1 is 1.00 bits per heavy atom. The molecule has 0 atom stereocenters. The van der Waals surface area contributed by atoms with E-state index in [4.69, 9.17) is 19.6 Å². The maximum atomic E-state index is 5.82. The number of nitrogens with one attached hydrogen (secondary N) is 1. The van der Waals surface area contributed by atoms with Crippen LogP contribution in [0.15, 0.2) is 42.6 Å². The van der Waals surface area contributed by atoms with Crippen molar-refractivity contribution in [1.29, 1.82) is 0 Å². The van der Waals surface area contributed by atoms with Gasteiger partial charge in [-0.05, 0) is 35.8 Å². The zero-order valence-electron chi connectivity index (χ0n) is 21.4. The molecule has 1 N–H and O–H groups in total. The van der Waals surface area contributed by atoms with Crippen LogP contribution in [0.25, 0.3) is 22.6 Å². The summed E-state index contributed by atoms with van der Waals surface area (Å²) in [5.41, 5.74) is 3.73. The second-order valence-corrected chi connectivity index (χ2v) is 8.70. The molecule has 4 rings (SSSR count). The third-order valence-electron chi connectivity index (χ3n) is 6.31. The van der Waals surface area contributed by atoms with Gasteiger partial charge < -0.3 is 9.47 Å². The van der Waals surface area contributed by atoms with Crippen LogP contribution < -0.4 is 0 Å². The number of benzene rings is 1. The van der Waals surface area contributed by atoms with Gasteiger partial charge in [0.05, 0.1) is 5.69 Å². The molecule has 0 radical (unpaired) electrons. The number of H-pyrrole nitrogens is 1. The fourth-order valence-electron chi connectivity index (χ4n) is 4.20. The highest BCUT2D eigenvalue weighted by Crippen LogP contribution is 2.31. The molecule has 0 saturated carbocycles. The van der Waals surface area contributed by atoms with E-state index in [-0.39, 0.29) is 0 Å². The fraction of sp³-hybridized carbons (Fsp3) is 0.462. The molecular formula is C26H34N8O2. The van der Waals surface area contributed by atoms with Crippen LogP contribution in [-0.4, -0.2) is 54.6 Å². The van der Waals surface area contributed by atoms with Gasteiger partial charge in [0.15, 0.2) is 0 Å². The van der Waals surface area contributed by atoms with Crippen LogP contribution in [0.1, 0.15) is 63.2 Å². The number of tetrazole rings is 1. The first-order valence-corrected chi connectivity index (χ1v) is 12.5. The van der Waals surface area contributed by atoms with Gasteiger partial charge in [0.1, 0.15) is 5.82 Å². The molecule has 1 aromatic carbocycles. The lowest BCUT2D eigenvalue weighted by Crippen LogP contribution is -2.32. The molecule has 3 aromatic heterocycles. The predicted octanol–water partition coefficient (Wildman–Crippen LogP) is 4.55. The molecule has 10 heteroatoms.